The van der Waals surface area contributed by atoms with Gasteiger partial charge in [-0.2, -0.15) is 9.61 Å². The van der Waals surface area contributed by atoms with Crippen molar-refractivity contribution in [2.24, 2.45) is 0 Å². The first-order chi connectivity index (χ1) is 16.8. The third-order valence-corrected chi connectivity index (χ3v) is 6.87. The van der Waals surface area contributed by atoms with Gasteiger partial charge >= 0.3 is 0 Å². The van der Waals surface area contributed by atoms with E-state index in [1.54, 1.807) is 7.11 Å². The number of aromatic nitrogens is 3. The molecule has 7 heteroatoms. The van der Waals surface area contributed by atoms with Crippen LogP contribution in [0.1, 0.15) is 32.0 Å². The Labute approximate surface area is 212 Å². The number of hydrogen-bond acceptors (Lipinski definition) is 5. The summed E-state index contributed by atoms with van der Waals surface area (Å²) in [4.78, 5) is 9.95. The molecule has 1 fully saturated rings. The Morgan fingerprint density at radius 1 is 0.971 bits per heavy atom. The number of piperazine rings is 1. The van der Waals surface area contributed by atoms with Gasteiger partial charge in [-0.1, -0.05) is 62.7 Å². The van der Waals surface area contributed by atoms with E-state index < -0.39 is 0 Å². The SMILES string of the molecule is COc1ccc(Cl)cc1CN1CCN(c2cc(C(C)(C)C)nc3c(-c4ccccc4)cnn23)CC1. The third-order valence-electron chi connectivity index (χ3n) is 6.64. The smallest absolute Gasteiger partial charge is 0.165 e. The minimum Gasteiger partial charge on any atom is -0.496 e. The molecule has 3 heterocycles. The molecule has 1 aliphatic heterocycles. The second-order valence-electron chi connectivity index (χ2n) is 10.1. The second-order valence-corrected chi connectivity index (χ2v) is 10.6. The number of nitrogens with zero attached hydrogens (tertiary/aromatic N) is 5. The van der Waals surface area contributed by atoms with Crippen molar-refractivity contribution in [1.82, 2.24) is 19.5 Å². The van der Waals surface area contributed by atoms with Crippen LogP contribution in [0.25, 0.3) is 16.8 Å². The molecule has 2 aromatic heterocycles. The Kier molecular flexibility index (Phi) is 6.43. The van der Waals surface area contributed by atoms with Crippen molar-refractivity contribution in [2.75, 3.05) is 38.2 Å². The molecule has 4 aromatic rings. The van der Waals surface area contributed by atoms with E-state index >= 15 is 0 Å². The quantitative estimate of drug-likeness (QED) is 0.361. The molecular formula is C28H32ClN5O. The summed E-state index contributed by atoms with van der Waals surface area (Å²) in [6.45, 7) is 11.2. The predicted molar refractivity (Wildman–Crippen MR) is 143 cm³/mol. The highest BCUT2D eigenvalue weighted by Gasteiger charge is 2.25. The third kappa shape index (κ3) is 4.86. The lowest BCUT2D eigenvalue weighted by atomic mass is 9.91. The van der Waals surface area contributed by atoms with Crippen molar-refractivity contribution < 1.29 is 4.74 Å². The van der Waals surface area contributed by atoms with Crippen molar-refractivity contribution in [3.63, 3.8) is 0 Å². The Morgan fingerprint density at radius 3 is 2.40 bits per heavy atom. The van der Waals surface area contributed by atoms with Crippen molar-refractivity contribution in [1.29, 1.82) is 0 Å². The standard InChI is InChI=1S/C28H32ClN5O/c1-28(2,3)25-17-26(34-27(31-25)23(18-30-34)20-8-6-5-7-9-20)33-14-12-32(13-15-33)19-21-16-22(29)10-11-24(21)35-4/h5-11,16-18H,12-15,19H2,1-4H3. The van der Waals surface area contributed by atoms with Crippen LogP contribution in [0.2, 0.25) is 5.02 Å². The average molecular weight is 490 g/mol. The van der Waals surface area contributed by atoms with Crippen LogP contribution in [0.4, 0.5) is 5.82 Å². The minimum absolute atomic E-state index is 0.0698. The van der Waals surface area contributed by atoms with Crippen LogP contribution in [0, 0.1) is 0 Å². The molecule has 0 N–H and O–H groups in total. The predicted octanol–water partition coefficient (Wildman–Crippen LogP) is 5.68. The van der Waals surface area contributed by atoms with Gasteiger partial charge in [0.15, 0.2) is 5.65 Å². The van der Waals surface area contributed by atoms with Gasteiger partial charge in [0, 0.05) is 60.4 Å². The van der Waals surface area contributed by atoms with Crippen molar-refractivity contribution in [3.8, 4) is 16.9 Å². The molecule has 0 unspecified atom stereocenters. The molecule has 0 spiro atoms. The summed E-state index contributed by atoms with van der Waals surface area (Å²) in [5.74, 6) is 1.98. The topological polar surface area (TPSA) is 45.9 Å². The lowest BCUT2D eigenvalue weighted by Gasteiger charge is -2.36. The highest BCUT2D eigenvalue weighted by molar-refractivity contribution is 6.30. The van der Waals surface area contributed by atoms with Gasteiger partial charge in [-0.25, -0.2) is 4.98 Å². The van der Waals surface area contributed by atoms with E-state index in [4.69, 9.17) is 26.4 Å². The van der Waals surface area contributed by atoms with Crippen LogP contribution in [0.15, 0.2) is 60.8 Å². The molecule has 0 atom stereocenters. The van der Waals surface area contributed by atoms with Gasteiger partial charge in [0.25, 0.3) is 0 Å². The number of methoxy groups -OCH3 is 1. The van der Waals surface area contributed by atoms with Gasteiger partial charge in [0.2, 0.25) is 0 Å². The molecule has 1 saturated heterocycles. The largest absolute Gasteiger partial charge is 0.496 e. The fraction of sp³-hybridized carbons (Fsp3) is 0.357. The number of ether oxygens (including phenoxy) is 1. The van der Waals surface area contributed by atoms with E-state index in [1.165, 1.54) is 0 Å². The molecule has 0 saturated carbocycles. The molecule has 35 heavy (non-hydrogen) atoms. The Bertz CT molecular complexity index is 1320. The van der Waals surface area contributed by atoms with Crippen LogP contribution < -0.4 is 9.64 Å². The molecule has 2 aromatic carbocycles. The molecule has 0 radical (unpaired) electrons. The number of hydrogen-bond donors (Lipinski definition) is 0. The summed E-state index contributed by atoms with van der Waals surface area (Å²) < 4.78 is 7.56. The van der Waals surface area contributed by atoms with Crippen LogP contribution in [0.5, 0.6) is 5.75 Å². The first kappa shape index (κ1) is 23.6. The monoisotopic (exact) mass is 489 g/mol. The zero-order chi connectivity index (χ0) is 24.6. The summed E-state index contributed by atoms with van der Waals surface area (Å²) >= 11 is 6.25. The highest BCUT2D eigenvalue weighted by Crippen LogP contribution is 2.31. The molecule has 0 aliphatic carbocycles. The molecule has 182 valence electrons. The number of anilines is 1. The van der Waals surface area contributed by atoms with Gasteiger partial charge in [-0.15, -0.1) is 0 Å². The van der Waals surface area contributed by atoms with Crippen molar-refractivity contribution >= 4 is 23.1 Å². The lowest BCUT2D eigenvalue weighted by molar-refractivity contribution is 0.245. The van der Waals surface area contributed by atoms with Gasteiger partial charge in [-0.3, -0.25) is 4.90 Å². The summed E-state index contributed by atoms with van der Waals surface area (Å²) in [5, 5.41) is 5.52. The van der Waals surface area contributed by atoms with Gasteiger partial charge in [-0.05, 0) is 23.8 Å². The lowest BCUT2D eigenvalue weighted by Crippen LogP contribution is -2.46. The maximum atomic E-state index is 6.25. The molecule has 5 rings (SSSR count). The van der Waals surface area contributed by atoms with E-state index in [0.29, 0.717) is 0 Å². The minimum atomic E-state index is -0.0698. The van der Waals surface area contributed by atoms with Gasteiger partial charge in [0.05, 0.1) is 19.0 Å². The first-order valence-electron chi connectivity index (χ1n) is 12.1. The van der Waals surface area contributed by atoms with Crippen LogP contribution in [-0.4, -0.2) is 52.8 Å². The molecular weight excluding hydrogens is 458 g/mol. The number of benzene rings is 2. The van der Waals surface area contributed by atoms with Crippen LogP contribution in [-0.2, 0) is 12.0 Å². The fourth-order valence-corrected chi connectivity index (χ4v) is 4.82. The number of rotatable bonds is 5. The first-order valence-corrected chi connectivity index (χ1v) is 12.5. The molecule has 1 aliphatic rings. The Balaban J connectivity index is 1.43. The zero-order valence-electron chi connectivity index (χ0n) is 20.8. The van der Waals surface area contributed by atoms with Crippen molar-refractivity contribution in [3.05, 3.63) is 77.1 Å². The summed E-state index contributed by atoms with van der Waals surface area (Å²) in [6, 6.07) is 18.4. The average Bonchev–Trinajstić information content (AvgIpc) is 3.28. The van der Waals surface area contributed by atoms with E-state index in [0.717, 1.165) is 77.3 Å². The summed E-state index contributed by atoms with van der Waals surface area (Å²) in [6.07, 6.45) is 1.94. The second kappa shape index (κ2) is 9.51. The van der Waals surface area contributed by atoms with Crippen LogP contribution in [0.3, 0.4) is 0 Å². The maximum absolute atomic E-state index is 6.25. The van der Waals surface area contributed by atoms with Gasteiger partial charge in [0.1, 0.15) is 11.6 Å². The van der Waals surface area contributed by atoms with E-state index in [2.05, 4.69) is 60.9 Å². The highest BCUT2D eigenvalue weighted by atomic mass is 35.5. The van der Waals surface area contributed by atoms with E-state index in [-0.39, 0.29) is 5.41 Å². The molecule has 0 amide bonds. The number of halogens is 1. The maximum Gasteiger partial charge on any atom is 0.165 e. The molecule has 6 nitrogen and oxygen atoms in total. The van der Waals surface area contributed by atoms with E-state index in [9.17, 15) is 0 Å². The Morgan fingerprint density at radius 2 is 1.71 bits per heavy atom. The summed E-state index contributed by atoms with van der Waals surface area (Å²) in [7, 11) is 1.71. The zero-order valence-corrected chi connectivity index (χ0v) is 21.6. The normalized spacial score (nSPS) is 15.1. The van der Waals surface area contributed by atoms with E-state index in [1.807, 2.05) is 35.0 Å². The molecule has 0 bridgehead atoms. The van der Waals surface area contributed by atoms with Crippen molar-refractivity contribution in [2.45, 2.75) is 32.7 Å². The Hall–Kier alpha value is -3.09. The number of fused-ring (bicyclic) bond motifs is 1. The van der Waals surface area contributed by atoms with Crippen LogP contribution >= 0.6 is 11.6 Å². The fourth-order valence-electron chi connectivity index (χ4n) is 4.62. The summed E-state index contributed by atoms with van der Waals surface area (Å²) in [5.41, 5.74) is 5.22. The van der Waals surface area contributed by atoms with Gasteiger partial charge < -0.3 is 9.64 Å².